The summed E-state index contributed by atoms with van der Waals surface area (Å²) < 4.78 is 28.0. The molecular weight excluding hydrogens is 392 g/mol. The van der Waals surface area contributed by atoms with E-state index in [0.29, 0.717) is 17.1 Å². The molecule has 0 spiro atoms. The average Bonchev–Trinajstić information content (AvgIpc) is 3.08. The summed E-state index contributed by atoms with van der Waals surface area (Å²) >= 11 is 6.08. The van der Waals surface area contributed by atoms with Crippen LogP contribution >= 0.6 is 11.6 Å². The Labute approximate surface area is 163 Å². The molecule has 0 saturated carbocycles. The summed E-state index contributed by atoms with van der Waals surface area (Å²) in [6, 6.07) is 3.23. The minimum Gasteiger partial charge on any atom is -0.365 e. The number of anilines is 3. The third-order valence-corrected chi connectivity index (χ3v) is 3.88. The van der Waals surface area contributed by atoms with Gasteiger partial charge in [-0.15, -0.1) is 0 Å². The van der Waals surface area contributed by atoms with E-state index in [2.05, 4.69) is 31.0 Å². The number of amides is 1. The molecule has 0 bridgehead atoms. The maximum atomic E-state index is 13.3. The van der Waals surface area contributed by atoms with E-state index < -0.39 is 11.6 Å². The fourth-order valence-corrected chi connectivity index (χ4v) is 2.48. The second-order valence-corrected chi connectivity index (χ2v) is 6.15. The highest BCUT2D eigenvalue weighted by atomic mass is 35.5. The molecule has 1 aromatic carbocycles. The van der Waals surface area contributed by atoms with E-state index in [0.717, 1.165) is 6.07 Å². The zero-order valence-corrected chi connectivity index (χ0v) is 15.5. The first-order valence-corrected chi connectivity index (χ1v) is 8.52. The van der Waals surface area contributed by atoms with Crippen LogP contribution in [-0.4, -0.2) is 32.7 Å². The Balaban J connectivity index is 1.68. The van der Waals surface area contributed by atoms with E-state index in [1.807, 2.05) is 0 Å². The van der Waals surface area contributed by atoms with Crippen LogP contribution in [0.5, 0.6) is 0 Å². The van der Waals surface area contributed by atoms with E-state index in [9.17, 15) is 13.6 Å². The highest BCUT2D eigenvalue weighted by molar-refractivity contribution is 6.32. The molecule has 28 heavy (non-hydrogen) atoms. The Morgan fingerprint density at radius 3 is 2.68 bits per heavy atom. The highest BCUT2D eigenvalue weighted by Crippen LogP contribution is 2.22. The Hall–Kier alpha value is -3.27. The Morgan fingerprint density at radius 2 is 1.96 bits per heavy atom. The minimum absolute atomic E-state index is 0.0800. The van der Waals surface area contributed by atoms with Crippen molar-refractivity contribution in [3.63, 3.8) is 0 Å². The van der Waals surface area contributed by atoms with Gasteiger partial charge in [-0.2, -0.15) is 10.1 Å². The molecule has 11 heteroatoms. The summed E-state index contributed by atoms with van der Waals surface area (Å²) in [7, 11) is 1.54. The Morgan fingerprint density at radius 1 is 1.21 bits per heavy atom. The number of nitrogens with zero attached hydrogens (tertiary/aromatic N) is 4. The van der Waals surface area contributed by atoms with E-state index in [-0.39, 0.29) is 30.0 Å². The van der Waals surface area contributed by atoms with Crippen molar-refractivity contribution in [1.29, 1.82) is 0 Å². The van der Waals surface area contributed by atoms with Gasteiger partial charge in [-0.1, -0.05) is 11.6 Å². The molecule has 8 nitrogen and oxygen atoms in total. The third-order valence-electron chi connectivity index (χ3n) is 3.60. The number of benzene rings is 1. The summed E-state index contributed by atoms with van der Waals surface area (Å²) in [4.78, 5) is 19.7. The standard InChI is InChI=1S/C17H16ClF2N7O/c1-21-15(28)9-27-8-13(6-24-27)25-17-23-7-14(18)16(26-17)22-5-10-2-11(19)4-12(20)3-10/h2-4,6-8H,5,9H2,1H3,(H,21,28)(H2,22,23,25,26). The number of likely N-dealkylation sites (N-methyl/N-ethyl adjacent to an activating group) is 1. The van der Waals surface area contributed by atoms with Crippen molar-refractivity contribution in [3.8, 4) is 0 Å². The van der Waals surface area contributed by atoms with Gasteiger partial charge in [0, 0.05) is 25.9 Å². The second kappa shape index (κ2) is 8.61. The third kappa shape index (κ3) is 5.13. The summed E-state index contributed by atoms with van der Waals surface area (Å²) in [5.41, 5.74) is 0.974. The van der Waals surface area contributed by atoms with Gasteiger partial charge in [-0.05, 0) is 17.7 Å². The van der Waals surface area contributed by atoms with Crippen LogP contribution in [0.1, 0.15) is 5.56 Å². The van der Waals surface area contributed by atoms with E-state index in [1.54, 1.807) is 13.2 Å². The lowest BCUT2D eigenvalue weighted by atomic mass is 10.2. The topological polar surface area (TPSA) is 96.8 Å². The van der Waals surface area contributed by atoms with Crippen molar-refractivity contribution in [3.05, 3.63) is 59.0 Å². The zero-order chi connectivity index (χ0) is 20.1. The molecule has 0 fully saturated rings. The highest BCUT2D eigenvalue weighted by Gasteiger charge is 2.09. The van der Waals surface area contributed by atoms with Gasteiger partial charge in [0.2, 0.25) is 11.9 Å². The van der Waals surface area contributed by atoms with Crippen LogP contribution in [0.4, 0.5) is 26.2 Å². The largest absolute Gasteiger partial charge is 0.365 e. The molecule has 3 N–H and O–H groups in total. The molecule has 0 aliphatic rings. The molecule has 3 rings (SSSR count). The normalized spacial score (nSPS) is 10.6. The predicted molar refractivity (Wildman–Crippen MR) is 100 cm³/mol. The van der Waals surface area contributed by atoms with Gasteiger partial charge >= 0.3 is 0 Å². The average molecular weight is 408 g/mol. The Kier molecular flexibility index (Phi) is 5.99. The van der Waals surface area contributed by atoms with Gasteiger partial charge in [0.05, 0.1) is 18.1 Å². The summed E-state index contributed by atoms with van der Waals surface area (Å²) in [6.07, 6.45) is 4.53. The minimum atomic E-state index is -0.665. The lowest BCUT2D eigenvalue weighted by molar-refractivity contribution is -0.121. The maximum Gasteiger partial charge on any atom is 0.241 e. The van der Waals surface area contributed by atoms with Gasteiger partial charge in [0.15, 0.2) is 5.82 Å². The molecule has 0 atom stereocenters. The fraction of sp³-hybridized carbons (Fsp3) is 0.176. The molecule has 1 amide bonds. The Bertz CT molecular complexity index is 975. The molecule has 0 aliphatic carbocycles. The molecule has 2 heterocycles. The number of aromatic nitrogens is 4. The quantitative estimate of drug-likeness (QED) is 0.557. The number of nitrogens with one attached hydrogen (secondary N) is 3. The van der Waals surface area contributed by atoms with Gasteiger partial charge in [-0.3, -0.25) is 9.48 Å². The van der Waals surface area contributed by atoms with E-state index in [4.69, 9.17) is 11.6 Å². The van der Waals surface area contributed by atoms with Crippen LogP contribution in [0, 0.1) is 11.6 Å². The number of hydrogen-bond donors (Lipinski definition) is 3. The maximum absolute atomic E-state index is 13.3. The SMILES string of the molecule is CNC(=O)Cn1cc(Nc2ncc(Cl)c(NCc3cc(F)cc(F)c3)n2)cn1. The predicted octanol–water partition coefficient (Wildman–Crippen LogP) is 2.71. The van der Waals surface area contributed by atoms with Crippen LogP contribution in [0.15, 0.2) is 36.8 Å². The fourth-order valence-electron chi connectivity index (χ4n) is 2.32. The van der Waals surface area contributed by atoms with Gasteiger partial charge in [0.25, 0.3) is 0 Å². The second-order valence-electron chi connectivity index (χ2n) is 5.75. The van der Waals surface area contributed by atoms with Crippen molar-refractivity contribution in [2.75, 3.05) is 17.7 Å². The number of carbonyl (C=O) groups excluding carboxylic acids is 1. The summed E-state index contributed by atoms with van der Waals surface area (Å²) in [5.74, 6) is -0.987. The molecule has 0 aliphatic heterocycles. The molecule has 0 saturated heterocycles. The van der Waals surface area contributed by atoms with Gasteiger partial charge in [-0.25, -0.2) is 13.8 Å². The number of rotatable bonds is 7. The van der Waals surface area contributed by atoms with Crippen LogP contribution in [0.2, 0.25) is 5.02 Å². The first kappa shape index (κ1) is 19.5. The zero-order valence-electron chi connectivity index (χ0n) is 14.7. The lowest BCUT2D eigenvalue weighted by Crippen LogP contribution is -2.23. The first-order valence-electron chi connectivity index (χ1n) is 8.14. The van der Waals surface area contributed by atoms with Crippen molar-refractivity contribution in [1.82, 2.24) is 25.1 Å². The number of carbonyl (C=O) groups is 1. The van der Waals surface area contributed by atoms with Crippen molar-refractivity contribution >= 4 is 35.0 Å². The van der Waals surface area contributed by atoms with Crippen LogP contribution in [0.25, 0.3) is 0 Å². The van der Waals surface area contributed by atoms with E-state index >= 15 is 0 Å². The molecule has 2 aromatic heterocycles. The smallest absolute Gasteiger partial charge is 0.241 e. The van der Waals surface area contributed by atoms with Crippen LogP contribution in [0.3, 0.4) is 0 Å². The summed E-state index contributed by atoms with van der Waals surface area (Å²) in [5, 5.41) is 12.7. The van der Waals surface area contributed by atoms with Crippen molar-refractivity contribution in [2.24, 2.45) is 0 Å². The monoisotopic (exact) mass is 407 g/mol. The van der Waals surface area contributed by atoms with Crippen LogP contribution < -0.4 is 16.0 Å². The lowest BCUT2D eigenvalue weighted by Gasteiger charge is -2.09. The number of hydrogen-bond acceptors (Lipinski definition) is 6. The van der Waals surface area contributed by atoms with Crippen molar-refractivity contribution < 1.29 is 13.6 Å². The number of halogens is 3. The molecule has 0 radical (unpaired) electrons. The first-order chi connectivity index (χ1) is 13.4. The summed E-state index contributed by atoms with van der Waals surface area (Å²) in [6.45, 7) is 0.200. The van der Waals surface area contributed by atoms with Crippen LogP contribution in [-0.2, 0) is 17.9 Å². The molecule has 0 unspecified atom stereocenters. The van der Waals surface area contributed by atoms with E-state index in [1.165, 1.54) is 29.2 Å². The van der Waals surface area contributed by atoms with Gasteiger partial charge in [0.1, 0.15) is 23.2 Å². The molecule has 3 aromatic rings. The van der Waals surface area contributed by atoms with Gasteiger partial charge < -0.3 is 16.0 Å². The molecule has 146 valence electrons. The van der Waals surface area contributed by atoms with Crippen molar-refractivity contribution in [2.45, 2.75) is 13.1 Å². The molecular formula is C17H16ClF2N7O.